The normalized spacial score (nSPS) is 8.36. The minimum Gasteiger partial charge on any atom is -0.241 e. The van der Waals surface area contributed by atoms with Crippen LogP contribution in [0.2, 0.25) is 0 Å². The lowest BCUT2D eigenvalue weighted by molar-refractivity contribution is 0.917. The van der Waals surface area contributed by atoms with E-state index in [0.717, 1.165) is 17.9 Å². The summed E-state index contributed by atoms with van der Waals surface area (Å²) >= 11 is 0. The number of rotatable bonds is 1. The van der Waals surface area contributed by atoms with Gasteiger partial charge in [0.05, 0.1) is 0 Å². The van der Waals surface area contributed by atoms with Crippen LogP contribution in [0.3, 0.4) is 0 Å². The minimum absolute atomic E-state index is 0.918. The smallest absolute Gasteiger partial charge is 0.128 e. The Labute approximate surface area is 68.7 Å². The number of hydrogen-bond donors (Lipinski definition) is 0. The Morgan fingerprint density at radius 3 is 2.36 bits per heavy atom. The molecule has 0 aliphatic rings. The van der Waals surface area contributed by atoms with E-state index in [4.69, 9.17) is 0 Å². The van der Waals surface area contributed by atoms with Crippen LogP contribution in [0.1, 0.15) is 32.3 Å². The highest BCUT2D eigenvalue weighted by Crippen LogP contribution is 1.92. The predicted molar refractivity (Wildman–Crippen MR) is 47.5 cm³/mol. The molecule has 2 heteroatoms. The second-order valence-electron chi connectivity index (χ2n) is 1.97. The summed E-state index contributed by atoms with van der Waals surface area (Å²) in [6.45, 7) is 8.02. The van der Waals surface area contributed by atoms with Gasteiger partial charge in [0.15, 0.2) is 0 Å². The highest BCUT2D eigenvalue weighted by molar-refractivity contribution is 4.98. The van der Waals surface area contributed by atoms with Crippen LogP contribution in [-0.4, -0.2) is 9.97 Å². The quantitative estimate of drug-likeness (QED) is 0.617. The van der Waals surface area contributed by atoms with Gasteiger partial charge < -0.3 is 0 Å². The number of nitrogens with zero attached hydrogens (tertiary/aromatic N) is 2. The Balaban J connectivity index is 0.000000461. The molecule has 0 atom stereocenters. The summed E-state index contributed by atoms with van der Waals surface area (Å²) in [5, 5.41) is 0. The Hall–Kier alpha value is -0.920. The van der Waals surface area contributed by atoms with Crippen LogP contribution in [0.4, 0.5) is 0 Å². The molecule has 0 bridgehead atoms. The van der Waals surface area contributed by atoms with E-state index >= 15 is 0 Å². The summed E-state index contributed by atoms with van der Waals surface area (Å²) in [6.07, 6.45) is 2.71. The van der Waals surface area contributed by atoms with Crippen LogP contribution in [-0.2, 0) is 6.42 Å². The molecule has 0 radical (unpaired) electrons. The molecule has 2 nitrogen and oxygen atoms in total. The standard InChI is InChI=1S/C7H10N2.C2H6/c1-3-7-8-5-4-6(2)9-7;1-2/h4-5H,3H2,1-2H3;1-2H3. The van der Waals surface area contributed by atoms with Crippen LogP contribution in [0.25, 0.3) is 0 Å². The van der Waals surface area contributed by atoms with Gasteiger partial charge in [-0.05, 0) is 13.0 Å². The van der Waals surface area contributed by atoms with Gasteiger partial charge >= 0.3 is 0 Å². The molecule has 1 rings (SSSR count). The topological polar surface area (TPSA) is 25.8 Å². The summed E-state index contributed by atoms with van der Waals surface area (Å²) in [5.74, 6) is 0.926. The number of hydrogen-bond acceptors (Lipinski definition) is 2. The monoisotopic (exact) mass is 152 g/mol. The zero-order chi connectivity index (χ0) is 8.69. The Morgan fingerprint density at radius 1 is 1.36 bits per heavy atom. The van der Waals surface area contributed by atoms with Crippen LogP contribution in [0.15, 0.2) is 12.3 Å². The first-order valence-electron chi connectivity index (χ1n) is 4.11. The molecule has 11 heavy (non-hydrogen) atoms. The summed E-state index contributed by atoms with van der Waals surface area (Å²) in [4.78, 5) is 8.23. The molecule has 0 spiro atoms. The van der Waals surface area contributed by atoms with Crippen LogP contribution in [0, 0.1) is 6.92 Å². The van der Waals surface area contributed by atoms with Crippen molar-refractivity contribution in [3.05, 3.63) is 23.8 Å². The summed E-state index contributed by atoms with van der Waals surface area (Å²) in [6, 6.07) is 1.90. The first-order valence-corrected chi connectivity index (χ1v) is 4.11. The van der Waals surface area contributed by atoms with Crippen molar-refractivity contribution >= 4 is 0 Å². The SMILES string of the molecule is CC.CCc1nccc(C)n1. The molecule has 0 N–H and O–H groups in total. The van der Waals surface area contributed by atoms with Gasteiger partial charge in [-0.2, -0.15) is 0 Å². The van der Waals surface area contributed by atoms with Gasteiger partial charge in [-0.15, -0.1) is 0 Å². The van der Waals surface area contributed by atoms with Gasteiger partial charge in [-0.25, -0.2) is 9.97 Å². The van der Waals surface area contributed by atoms with Gasteiger partial charge in [0.25, 0.3) is 0 Å². The molecule has 0 unspecified atom stereocenters. The van der Waals surface area contributed by atoms with Crippen molar-refractivity contribution in [2.24, 2.45) is 0 Å². The van der Waals surface area contributed by atoms with Crippen LogP contribution in [0.5, 0.6) is 0 Å². The van der Waals surface area contributed by atoms with Crippen molar-refractivity contribution < 1.29 is 0 Å². The van der Waals surface area contributed by atoms with Crippen LogP contribution >= 0.6 is 0 Å². The van der Waals surface area contributed by atoms with Crippen molar-refractivity contribution in [3.8, 4) is 0 Å². The van der Waals surface area contributed by atoms with E-state index in [9.17, 15) is 0 Å². The van der Waals surface area contributed by atoms with Crippen molar-refractivity contribution in [2.75, 3.05) is 0 Å². The lowest BCUT2D eigenvalue weighted by Crippen LogP contribution is -1.92. The molecule has 0 saturated heterocycles. The third-order valence-electron chi connectivity index (χ3n) is 1.16. The third-order valence-corrected chi connectivity index (χ3v) is 1.16. The fourth-order valence-electron chi connectivity index (χ4n) is 0.671. The van der Waals surface area contributed by atoms with E-state index in [-0.39, 0.29) is 0 Å². The molecule has 0 aromatic carbocycles. The molecule has 0 saturated carbocycles. The van der Waals surface area contributed by atoms with Gasteiger partial charge in [-0.3, -0.25) is 0 Å². The Bertz CT molecular complexity index is 197. The molecule has 1 aromatic heterocycles. The van der Waals surface area contributed by atoms with Crippen LogP contribution < -0.4 is 0 Å². The summed E-state index contributed by atoms with van der Waals surface area (Å²) < 4.78 is 0. The molecule has 0 aliphatic heterocycles. The van der Waals surface area contributed by atoms with Gasteiger partial charge in [-0.1, -0.05) is 20.8 Å². The van der Waals surface area contributed by atoms with E-state index < -0.39 is 0 Å². The second-order valence-corrected chi connectivity index (χ2v) is 1.97. The van der Waals surface area contributed by atoms with E-state index in [1.165, 1.54) is 0 Å². The number of aryl methyl sites for hydroxylation is 2. The Kier molecular flexibility index (Phi) is 5.35. The number of aromatic nitrogens is 2. The fraction of sp³-hybridized carbons (Fsp3) is 0.556. The molecular formula is C9H16N2. The van der Waals surface area contributed by atoms with Crippen molar-refractivity contribution in [2.45, 2.75) is 34.1 Å². The average Bonchev–Trinajstić information content (AvgIpc) is 2.08. The van der Waals surface area contributed by atoms with E-state index in [1.807, 2.05) is 26.8 Å². The van der Waals surface area contributed by atoms with Gasteiger partial charge in [0, 0.05) is 18.3 Å². The third kappa shape index (κ3) is 3.71. The first kappa shape index (κ1) is 10.1. The second kappa shape index (κ2) is 5.83. The maximum atomic E-state index is 4.18. The Morgan fingerprint density at radius 2 is 2.00 bits per heavy atom. The average molecular weight is 152 g/mol. The highest BCUT2D eigenvalue weighted by atomic mass is 14.9. The molecule has 0 fully saturated rings. The molecule has 62 valence electrons. The first-order chi connectivity index (χ1) is 5.33. The molecule has 1 heterocycles. The van der Waals surface area contributed by atoms with E-state index in [2.05, 4.69) is 16.9 Å². The zero-order valence-corrected chi connectivity index (χ0v) is 7.76. The fourth-order valence-corrected chi connectivity index (χ4v) is 0.671. The predicted octanol–water partition coefficient (Wildman–Crippen LogP) is 2.37. The lowest BCUT2D eigenvalue weighted by Gasteiger charge is -1.93. The summed E-state index contributed by atoms with van der Waals surface area (Å²) in [7, 11) is 0. The molecule has 1 aromatic rings. The van der Waals surface area contributed by atoms with Gasteiger partial charge in [0.2, 0.25) is 0 Å². The van der Waals surface area contributed by atoms with E-state index in [0.29, 0.717) is 0 Å². The summed E-state index contributed by atoms with van der Waals surface area (Å²) in [5.41, 5.74) is 1.04. The largest absolute Gasteiger partial charge is 0.241 e. The minimum atomic E-state index is 0.918. The van der Waals surface area contributed by atoms with Crippen molar-refractivity contribution in [1.29, 1.82) is 0 Å². The maximum Gasteiger partial charge on any atom is 0.128 e. The molecule has 0 aliphatic carbocycles. The van der Waals surface area contributed by atoms with Crippen molar-refractivity contribution in [1.82, 2.24) is 9.97 Å². The molecular weight excluding hydrogens is 136 g/mol. The molecule has 0 amide bonds. The van der Waals surface area contributed by atoms with Crippen molar-refractivity contribution in [3.63, 3.8) is 0 Å². The van der Waals surface area contributed by atoms with E-state index in [1.54, 1.807) is 6.20 Å². The zero-order valence-electron chi connectivity index (χ0n) is 7.76. The van der Waals surface area contributed by atoms with Gasteiger partial charge in [0.1, 0.15) is 5.82 Å². The lowest BCUT2D eigenvalue weighted by atomic mass is 10.4. The maximum absolute atomic E-state index is 4.18. The highest BCUT2D eigenvalue weighted by Gasteiger charge is 1.89.